The molecule has 0 unspecified atom stereocenters. The van der Waals surface area contributed by atoms with E-state index in [1.807, 2.05) is 25.3 Å². The first-order chi connectivity index (χ1) is 16.0. The monoisotopic (exact) mass is 454 g/mol. The quantitative estimate of drug-likeness (QED) is 0.717. The predicted octanol–water partition coefficient (Wildman–Crippen LogP) is 1.77. The van der Waals surface area contributed by atoms with Crippen molar-refractivity contribution in [1.82, 2.24) is 19.7 Å². The van der Waals surface area contributed by atoms with E-state index < -0.39 is 0 Å². The maximum absolute atomic E-state index is 12.9. The minimum atomic E-state index is -0.0448. The highest BCUT2D eigenvalue weighted by molar-refractivity contribution is 5.77. The smallest absolute Gasteiger partial charge is 0.255 e. The molecule has 2 aromatic rings. The molecule has 0 spiro atoms. The van der Waals surface area contributed by atoms with Crippen LogP contribution in [-0.2, 0) is 31.4 Å². The summed E-state index contributed by atoms with van der Waals surface area (Å²) in [7, 11) is 5.13. The Morgan fingerprint density at radius 2 is 1.73 bits per heavy atom. The number of benzene rings is 1. The van der Waals surface area contributed by atoms with Gasteiger partial charge in [0.2, 0.25) is 5.91 Å². The highest BCUT2D eigenvalue weighted by atomic mass is 16.5. The van der Waals surface area contributed by atoms with Gasteiger partial charge in [-0.2, -0.15) is 0 Å². The van der Waals surface area contributed by atoms with E-state index in [2.05, 4.69) is 10.2 Å². The van der Waals surface area contributed by atoms with Gasteiger partial charge in [-0.3, -0.25) is 14.5 Å². The fraction of sp³-hybridized carbons (Fsp3) is 0.520. The summed E-state index contributed by atoms with van der Waals surface area (Å²) in [6.45, 7) is 7.51. The van der Waals surface area contributed by atoms with E-state index in [1.165, 1.54) is 0 Å². The number of rotatable bonds is 6. The molecule has 1 N–H and O–H groups in total. The molecule has 0 radical (unpaired) electrons. The van der Waals surface area contributed by atoms with Gasteiger partial charge >= 0.3 is 0 Å². The van der Waals surface area contributed by atoms with E-state index in [9.17, 15) is 9.59 Å². The van der Waals surface area contributed by atoms with Crippen molar-refractivity contribution in [3.8, 4) is 22.6 Å². The van der Waals surface area contributed by atoms with Gasteiger partial charge in [0.05, 0.1) is 26.3 Å². The van der Waals surface area contributed by atoms with Crippen LogP contribution in [0.1, 0.15) is 30.0 Å². The minimum absolute atomic E-state index is 0.0448. The SMILES string of the molecule is CCC(=O)N1CCc2c(-c3cc(OC)c(CN4CCNCC4)c(OC)c3)cn(C)c(=O)c2C1. The molecular weight excluding hydrogens is 420 g/mol. The lowest BCUT2D eigenvalue weighted by Crippen LogP contribution is -2.43. The number of hydrogen-bond donors (Lipinski definition) is 1. The lowest BCUT2D eigenvalue weighted by molar-refractivity contribution is -0.131. The second-order valence-corrected chi connectivity index (χ2v) is 8.72. The number of piperazine rings is 1. The number of nitrogens with one attached hydrogen (secondary N) is 1. The molecule has 8 nitrogen and oxygen atoms in total. The molecule has 0 bridgehead atoms. The van der Waals surface area contributed by atoms with Gasteiger partial charge in [-0.1, -0.05) is 6.92 Å². The molecule has 1 fully saturated rings. The first kappa shape index (κ1) is 23.3. The topological polar surface area (TPSA) is 76.0 Å². The van der Waals surface area contributed by atoms with E-state index in [0.717, 1.165) is 66.5 Å². The summed E-state index contributed by atoms with van der Waals surface area (Å²) in [6.07, 6.45) is 2.99. The molecule has 2 aliphatic rings. The molecular formula is C25H34N4O4. The number of carbonyl (C=O) groups excluding carboxylic acids is 1. The Kier molecular flexibility index (Phi) is 7.05. The molecule has 3 heterocycles. The van der Waals surface area contributed by atoms with Gasteiger partial charge in [0.15, 0.2) is 0 Å². The number of aryl methyl sites for hydroxylation is 1. The fourth-order valence-electron chi connectivity index (χ4n) is 4.87. The Bertz CT molecular complexity index is 1060. The summed E-state index contributed by atoms with van der Waals surface area (Å²) >= 11 is 0. The first-order valence-electron chi connectivity index (χ1n) is 11.6. The second-order valence-electron chi connectivity index (χ2n) is 8.72. The molecule has 1 aromatic heterocycles. The molecule has 1 aromatic carbocycles. The maximum Gasteiger partial charge on any atom is 0.255 e. The Labute approximate surface area is 195 Å². The Balaban J connectivity index is 1.77. The number of methoxy groups -OCH3 is 2. The van der Waals surface area contributed by atoms with Crippen LogP contribution in [0.3, 0.4) is 0 Å². The van der Waals surface area contributed by atoms with Gasteiger partial charge in [-0.05, 0) is 29.7 Å². The summed E-state index contributed by atoms with van der Waals surface area (Å²) in [4.78, 5) is 29.4. The largest absolute Gasteiger partial charge is 0.496 e. The lowest BCUT2D eigenvalue weighted by Gasteiger charge is -2.30. The van der Waals surface area contributed by atoms with Crippen molar-refractivity contribution in [2.75, 3.05) is 46.9 Å². The standard InChI is InChI=1S/C25H34N4O4/c1-5-24(30)29-9-6-18-19(14-27(2)25(31)20(18)16-29)17-12-22(32-3)21(23(13-17)33-4)15-28-10-7-26-8-11-28/h12-14,26H,5-11,15-16H2,1-4H3. The number of hydrogen-bond acceptors (Lipinski definition) is 6. The molecule has 33 heavy (non-hydrogen) atoms. The summed E-state index contributed by atoms with van der Waals surface area (Å²) in [5.41, 5.74) is 4.64. The summed E-state index contributed by atoms with van der Waals surface area (Å²) in [6, 6.07) is 4.09. The normalized spacial score (nSPS) is 16.4. The zero-order valence-electron chi connectivity index (χ0n) is 20.1. The zero-order chi connectivity index (χ0) is 23.5. The van der Waals surface area contributed by atoms with Crippen LogP contribution in [0.2, 0.25) is 0 Å². The van der Waals surface area contributed by atoms with Crippen LogP contribution < -0.4 is 20.3 Å². The third kappa shape index (κ3) is 4.63. The van der Waals surface area contributed by atoms with Crippen LogP contribution >= 0.6 is 0 Å². The third-order valence-electron chi connectivity index (χ3n) is 6.74. The second kappa shape index (κ2) is 9.97. The third-order valence-corrected chi connectivity index (χ3v) is 6.74. The van der Waals surface area contributed by atoms with Crippen molar-refractivity contribution in [2.24, 2.45) is 7.05 Å². The van der Waals surface area contributed by atoms with Crippen molar-refractivity contribution in [2.45, 2.75) is 32.9 Å². The van der Waals surface area contributed by atoms with Crippen LogP contribution in [-0.4, -0.2) is 67.2 Å². The molecule has 2 aliphatic heterocycles. The summed E-state index contributed by atoms with van der Waals surface area (Å²) in [5, 5.41) is 3.38. The Morgan fingerprint density at radius 3 is 2.33 bits per heavy atom. The number of nitrogens with zero attached hydrogens (tertiary/aromatic N) is 3. The van der Waals surface area contributed by atoms with Crippen molar-refractivity contribution < 1.29 is 14.3 Å². The van der Waals surface area contributed by atoms with Crippen LogP contribution in [0.15, 0.2) is 23.1 Å². The van der Waals surface area contributed by atoms with Crippen molar-refractivity contribution >= 4 is 5.91 Å². The fourth-order valence-corrected chi connectivity index (χ4v) is 4.87. The van der Waals surface area contributed by atoms with Gasteiger partial charge in [0, 0.05) is 70.1 Å². The van der Waals surface area contributed by atoms with Gasteiger partial charge < -0.3 is 24.3 Å². The first-order valence-corrected chi connectivity index (χ1v) is 11.6. The van der Waals surface area contributed by atoms with E-state index in [4.69, 9.17) is 9.47 Å². The van der Waals surface area contributed by atoms with Gasteiger partial charge in [-0.15, -0.1) is 0 Å². The van der Waals surface area contributed by atoms with E-state index in [1.54, 1.807) is 30.7 Å². The van der Waals surface area contributed by atoms with Gasteiger partial charge in [0.1, 0.15) is 11.5 Å². The van der Waals surface area contributed by atoms with E-state index >= 15 is 0 Å². The molecule has 4 rings (SSSR count). The Morgan fingerprint density at radius 1 is 1.06 bits per heavy atom. The van der Waals surface area contributed by atoms with Crippen molar-refractivity contribution in [3.05, 3.63) is 45.4 Å². The van der Waals surface area contributed by atoms with Crippen LogP contribution in [0.25, 0.3) is 11.1 Å². The number of amides is 1. The summed E-state index contributed by atoms with van der Waals surface area (Å²) < 4.78 is 13.2. The number of fused-ring (bicyclic) bond motifs is 1. The molecule has 1 saturated heterocycles. The van der Waals surface area contributed by atoms with Crippen LogP contribution in [0.5, 0.6) is 11.5 Å². The average molecular weight is 455 g/mol. The number of pyridine rings is 1. The molecule has 0 aliphatic carbocycles. The average Bonchev–Trinajstić information content (AvgIpc) is 2.86. The zero-order valence-corrected chi connectivity index (χ0v) is 20.1. The molecule has 0 atom stereocenters. The number of carbonyl (C=O) groups is 1. The highest BCUT2D eigenvalue weighted by Gasteiger charge is 2.26. The lowest BCUT2D eigenvalue weighted by atomic mass is 9.91. The predicted molar refractivity (Wildman–Crippen MR) is 128 cm³/mol. The van der Waals surface area contributed by atoms with Gasteiger partial charge in [0.25, 0.3) is 5.56 Å². The minimum Gasteiger partial charge on any atom is -0.496 e. The number of aromatic nitrogens is 1. The van der Waals surface area contributed by atoms with Crippen LogP contribution in [0, 0.1) is 0 Å². The van der Waals surface area contributed by atoms with Crippen molar-refractivity contribution in [1.29, 1.82) is 0 Å². The number of ether oxygens (including phenoxy) is 2. The van der Waals surface area contributed by atoms with E-state index in [0.29, 0.717) is 31.5 Å². The van der Waals surface area contributed by atoms with E-state index in [-0.39, 0.29) is 11.5 Å². The van der Waals surface area contributed by atoms with Crippen LogP contribution in [0.4, 0.5) is 0 Å². The summed E-state index contributed by atoms with van der Waals surface area (Å²) in [5.74, 6) is 1.64. The molecule has 1 amide bonds. The molecule has 8 heteroatoms. The molecule has 0 saturated carbocycles. The maximum atomic E-state index is 12.9. The Hall–Kier alpha value is -2.84. The molecule has 178 valence electrons. The van der Waals surface area contributed by atoms with Gasteiger partial charge in [-0.25, -0.2) is 0 Å². The highest BCUT2D eigenvalue weighted by Crippen LogP contribution is 2.38. The van der Waals surface area contributed by atoms with Crippen molar-refractivity contribution in [3.63, 3.8) is 0 Å².